The minimum absolute atomic E-state index is 0.00274. The highest BCUT2D eigenvalue weighted by atomic mass is 16.3. The zero-order valence-electron chi connectivity index (χ0n) is 20.5. The Hall–Kier alpha value is -4.26. The lowest BCUT2D eigenvalue weighted by molar-refractivity contribution is -0.116. The van der Waals surface area contributed by atoms with E-state index in [1.807, 2.05) is 29.2 Å². The van der Waals surface area contributed by atoms with E-state index in [2.05, 4.69) is 39.6 Å². The molecule has 1 fully saturated rings. The molecular formula is C30H28N4O3. The molecule has 186 valence electrons. The smallest absolute Gasteiger partial charge is 0.253 e. The Morgan fingerprint density at radius 1 is 1.00 bits per heavy atom. The molecule has 6 rings (SSSR count). The van der Waals surface area contributed by atoms with Crippen molar-refractivity contribution in [3.05, 3.63) is 102 Å². The quantitative estimate of drug-likeness (QED) is 0.402. The SMILES string of the molecule is O=C(CC1CC2(CCN(C(=O)c3ccncc3)CC2)c2ccccc21)Nc1cccc(-c2cnco2)c1. The van der Waals surface area contributed by atoms with Crippen LogP contribution in [-0.4, -0.2) is 39.8 Å². The molecule has 0 saturated carbocycles. The van der Waals surface area contributed by atoms with E-state index in [4.69, 9.17) is 4.42 Å². The number of likely N-dealkylation sites (tertiary alicyclic amines) is 1. The lowest BCUT2D eigenvalue weighted by atomic mass is 9.73. The Morgan fingerprint density at radius 2 is 1.81 bits per heavy atom. The van der Waals surface area contributed by atoms with Gasteiger partial charge in [0.25, 0.3) is 5.91 Å². The van der Waals surface area contributed by atoms with Crippen LogP contribution in [0, 0.1) is 0 Å². The van der Waals surface area contributed by atoms with Crippen LogP contribution < -0.4 is 5.32 Å². The van der Waals surface area contributed by atoms with E-state index in [1.54, 1.807) is 30.7 Å². The predicted octanol–water partition coefficient (Wildman–Crippen LogP) is 5.43. The Morgan fingerprint density at radius 3 is 2.59 bits per heavy atom. The maximum Gasteiger partial charge on any atom is 0.253 e. The third-order valence-corrected chi connectivity index (χ3v) is 7.84. The van der Waals surface area contributed by atoms with Gasteiger partial charge >= 0.3 is 0 Å². The van der Waals surface area contributed by atoms with Crippen LogP contribution in [0.2, 0.25) is 0 Å². The first kappa shape index (κ1) is 23.2. The molecule has 1 saturated heterocycles. The fourth-order valence-corrected chi connectivity index (χ4v) is 6.04. The number of carbonyl (C=O) groups is 2. The van der Waals surface area contributed by atoms with Gasteiger partial charge in [-0.3, -0.25) is 14.6 Å². The van der Waals surface area contributed by atoms with Gasteiger partial charge in [0.05, 0.1) is 6.20 Å². The summed E-state index contributed by atoms with van der Waals surface area (Å²) in [4.78, 5) is 36.0. The van der Waals surface area contributed by atoms with Crippen LogP contribution in [0.25, 0.3) is 11.3 Å². The van der Waals surface area contributed by atoms with Gasteiger partial charge in [0.2, 0.25) is 5.91 Å². The molecule has 4 aromatic rings. The first-order valence-corrected chi connectivity index (χ1v) is 12.7. The van der Waals surface area contributed by atoms with E-state index >= 15 is 0 Å². The number of piperidine rings is 1. The second kappa shape index (κ2) is 9.65. The summed E-state index contributed by atoms with van der Waals surface area (Å²) in [6.07, 6.45) is 9.52. The van der Waals surface area contributed by atoms with Crippen molar-refractivity contribution in [3.8, 4) is 11.3 Å². The van der Waals surface area contributed by atoms with Gasteiger partial charge in [-0.15, -0.1) is 0 Å². The van der Waals surface area contributed by atoms with Crippen molar-refractivity contribution in [1.29, 1.82) is 0 Å². The highest BCUT2D eigenvalue weighted by Crippen LogP contribution is 2.52. The molecule has 1 aliphatic carbocycles. The average molecular weight is 493 g/mol. The molecular weight excluding hydrogens is 464 g/mol. The number of nitrogens with zero attached hydrogens (tertiary/aromatic N) is 3. The number of carbonyl (C=O) groups excluding carboxylic acids is 2. The maximum atomic E-state index is 13.1. The van der Waals surface area contributed by atoms with Gasteiger partial charge in [-0.1, -0.05) is 36.4 Å². The number of fused-ring (bicyclic) bond motifs is 2. The standard InChI is InChI=1S/C30H28N4O3/c35-28(33-24-5-3-4-22(16-24)27-19-32-20-37-27)17-23-18-30(26-7-2-1-6-25(23)26)10-14-34(15-11-30)29(36)21-8-12-31-13-9-21/h1-9,12-13,16,19-20,23H,10-11,14-15,17-18H2,(H,33,35). The maximum absolute atomic E-state index is 13.1. The zero-order valence-corrected chi connectivity index (χ0v) is 20.5. The zero-order chi connectivity index (χ0) is 25.2. The third-order valence-electron chi connectivity index (χ3n) is 7.84. The largest absolute Gasteiger partial charge is 0.444 e. The molecule has 2 aromatic carbocycles. The molecule has 1 spiro atoms. The van der Waals surface area contributed by atoms with Crippen LogP contribution in [0.3, 0.4) is 0 Å². The number of pyridine rings is 1. The van der Waals surface area contributed by atoms with Gasteiger partial charge in [-0.2, -0.15) is 0 Å². The van der Waals surface area contributed by atoms with Crippen molar-refractivity contribution < 1.29 is 14.0 Å². The second-order valence-electron chi connectivity index (χ2n) is 10.00. The van der Waals surface area contributed by atoms with Gasteiger partial charge in [0.1, 0.15) is 0 Å². The highest BCUT2D eigenvalue weighted by Gasteiger charge is 2.46. The summed E-state index contributed by atoms with van der Waals surface area (Å²) in [6, 6.07) is 19.7. The summed E-state index contributed by atoms with van der Waals surface area (Å²) < 4.78 is 5.39. The monoisotopic (exact) mass is 492 g/mol. The molecule has 1 atom stereocenters. The van der Waals surface area contributed by atoms with Crippen molar-refractivity contribution in [1.82, 2.24) is 14.9 Å². The third kappa shape index (κ3) is 4.53. The lowest BCUT2D eigenvalue weighted by Gasteiger charge is -2.40. The van der Waals surface area contributed by atoms with Gasteiger partial charge < -0.3 is 14.6 Å². The molecule has 7 nitrogen and oxygen atoms in total. The fraction of sp³-hybridized carbons (Fsp3) is 0.267. The van der Waals surface area contributed by atoms with Crippen LogP contribution >= 0.6 is 0 Å². The van der Waals surface area contributed by atoms with Crippen LogP contribution in [0.4, 0.5) is 5.69 Å². The molecule has 3 heterocycles. The van der Waals surface area contributed by atoms with E-state index in [9.17, 15) is 9.59 Å². The topological polar surface area (TPSA) is 88.3 Å². The Labute approximate surface area is 215 Å². The van der Waals surface area contributed by atoms with Crippen LogP contribution in [-0.2, 0) is 10.2 Å². The van der Waals surface area contributed by atoms with E-state index in [1.165, 1.54) is 17.5 Å². The molecule has 1 N–H and O–H groups in total. The number of nitrogens with one attached hydrogen (secondary N) is 1. The predicted molar refractivity (Wildman–Crippen MR) is 140 cm³/mol. The van der Waals surface area contributed by atoms with Crippen LogP contribution in [0.1, 0.15) is 53.1 Å². The summed E-state index contributed by atoms with van der Waals surface area (Å²) in [6.45, 7) is 1.42. The van der Waals surface area contributed by atoms with Gasteiger partial charge in [0.15, 0.2) is 12.2 Å². The number of hydrogen-bond donors (Lipinski definition) is 1. The van der Waals surface area contributed by atoms with E-state index in [-0.39, 0.29) is 23.1 Å². The number of anilines is 1. The number of benzene rings is 2. The Bertz CT molecular complexity index is 1410. The molecule has 37 heavy (non-hydrogen) atoms. The molecule has 2 aliphatic rings. The van der Waals surface area contributed by atoms with Crippen molar-refractivity contribution in [3.63, 3.8) is 0 Å². The van der Waals surface area contributed by atoms with Crippen molar-refractivity contribution >= 4 is 17.5 Å². The van der Waals surface area contributed by atoms with Crippen molar-refractivity contribution in [2.45, 2.75) is 37.0 Å². The van der Waals surface area contributed by atoms with Crippen molar-refractivity contribution in [2.75, 3.05) is 18.4 Å². The lowest BCUT2D eigenvalue weighted by Crippen LogP contribution is -2.44. The summed E-state index contributed by atoms with van der Waals surface area (Å²) in [5.74, 6) is 0.872. The van der Waals surface area contributed by atoms with Gasteiger partial charge in [-0.25, -0.2) is 4.98 Å². The normalized spacial score (nSPS) is 17.9. The van der Waals surface area contributed by atoms with Crippen LogP contribution in [0.5, 0.6) is 0 Å². The van der Waals surface area contributed by atoms with Crippen molar-refractivity contribution in [2.24, 2.45) is 0 Å². The average Bonchev–Trinajstić information content (AvgIpc) is 3.57. The van der Waals surface area contributed by atoms with Gasteiger partial charge in [0, 0.05) is 48.7 Å². The number of oxazole rings is 1. The molecule has 2 aromatic heterocycles. The summed E-state index contributed by atoms with van der Waals surface area (Å²) in [5, 5.41) is 3.07. The van der Waals surface area contributed by atoms with E-state index in [0.29, 0.717) is 30.8 Å². The number of hydrogen-bond acceptors (Lipinski definition) is 5. The minimum Gasteiger partial charge on any atom is -0.444 e. The summed E-state index contributed by atoms with van der Waals surface area (Å²) in [7, 11) is 0. The Balaban J connectivity index is 1.14. The number of aromatic nitrogens is 2. The van der Waals surface area contributed by atoms with Crippen LogP contribution in [0.15, 0.2) is 90.1 Å². The first-order chi connectivity index (χ1) is 18.1. The Kier molecular flexibility index (Phi) is 6.04. The molecule has 7 heteroatoms. The summed E-state index contributed by atoms with van der Waals surface area (Å²) >= 11 is 0. The minimum atomic E-state index is -0.00289. The molecule has 0 radical (unpaired) electrons. The number of amides is 2. The number of rotatable bonds is 5. The molecule has 0 bridgehead atoms. The summed E-state index contributed by atoms with van der Waals surface area (Å²) in [5.41, 5.74) is 4.90. The van der Waals surface area contributed by atoms with E-state index in [0.717, 1.165) is 30.5 Å². The second-order valence-corrected chi connectivity index (χ2v) is 10.00. The highest BCUT2D eigenvalue weighted by molar-refractivity contribution is 5.94. The molecule has 2 amide bonds. The van der Waals surface area contributed by atoms with E-state index < -0.39 is 0 Å². The first-order valence-electron chi connectivity index (χ1n) is 12.7. The molecule has 1 aliphatic heterocycles. The fourth-order valence-electron chi connectivity index (χ4n) is 6.04. The molecule has 1 unspecified atom stereocenters. The van der Waals surface area contributed by atoms with Gasteiger partial charge in [-0.05, 0) is 66.0 Å².